The molecule has 0 aliphatic carbocycles. The van der Waals surface area contributed by atoms with E-state index in [1.165, 1.54) is 82.8 Å². The molecule has 3 rings (SSSR count). The van der Waals surface area contributed by atoms with Crippen LogP contribution >= 0.6 is 0 Å². The van der Waals surface area contributed by atoms with E-state index in [9.17, 15) is 40.5 Å². The molecule has 0 aliphatic rings. The second-order valence-electron chi connectivity index (χ2n) is 11.9. The Morgan fingerprint density at radius 1 is 0.532 bits per heavy atom. The fourth-order valence-corrected chi connectivity index (χ4v) is 5.92. The Kier molecular flexibility index (Phi) is 14.8. The molecule has 252 valence electrons. The molecule has 0 amide bonds. The first kappa shape index (κ1) is 36.7. The van der Waals surface area contributed by atoms with Gasteiger partial charge in [-0.15, -0.1) is 0 Å². The molecule has 0 spiro atoms. The summed E-state index contributed by atoms with van der Waals surface area (Å²) >= 11 is 0. The van der Waals surface area contributed by atoms with Crippen LogP contribution in [0.4, 0.5) is 22.7 Å². The van der Waals surface area contributed by atoms with E-state index in [4.69, 9.17) is 0 Å². The van der Waals surface area contributed by atoms with Crippen molar-refractivity contribution < 1.29 is 24.3 Å². The molecule has 0 saturated carbocycles. The molecule has 13 nitrogen and oxygen atoms in total. The van der Waals surface area contributed by atoms with Crippen LogP contribution in [-0.2, 0) is 6.54 Å². The van der Waals surface area contributed by atoms with E-state index < -0.39 is 48.4 Å². The summed E-state index contributed by atoms with van der Waals surface area (Å²) in [5.41, 5.74) is -1.75. The number of unbranched alkanes of at least 4 members (excludes halogenated alkanes) is 13. The first-order valence-corrected chi connectivity index (χ1v) is 16.5. The number of non-ortho nitro benzene ring substituents is 2. The summed E-state index contributed by atoms with van der Waals surface area (Å²) in [6.45, 7) is 2.99. The second kappa shape index (κ2) is 19.0. The van der Waals surface area contributed by atoms with Gasteiger partial charge in [0.05, 0.1) is 31.8 Å². The molecule has 0 unspecified atom stereocenters. The van der Waals surface area contributed by atoms with Crippen molar-refractivity contribution in [3.8, 4) is 0 Å². The van der Waals surface area contributed by atoms with Crippen LogP contribution in [-0.4, -0.2) is 19.7 Å². The van der Waals surface area contributed by atoms with Crippen molar-refractivity contribution in [2.24, 2.45) is 0 Å². The van der Waals surface area contributed by atoms with Gasteiger partial charge >= 0.3 is 0 Å². The highest BCUT2D eigenvalue weighted by atomic mass is 16.6. The van der Waals surface area contributed by atoms with Crippen LogP contribution in [0.15, 0.2) is 60.9 Å². The van der Waals surface area contributed by atoms with Gasteiger partial charge in [-0.3, -0.25) is 40.5 Å². The first-order valence-electron chi connectivity index (χ1n) is 16.5. The predicted molar refractivity (Wildman–Crippen MR) is 177 cm³/mol. The Hall–Kier alpha value is -4.81. The van der Waals surface area contributed by atoms with E-state index in [-0.39, 0.29) is 11.1 Å². The quantitative estimate of drug-likeness (QED) is 0.0447. The molecule has 0 saturated heterocycles. The molecule has 13 heteroatoms. The molecule has 0 atom stereocenters. The lowest BCUT2D eigenvalue weighted by molar-refractivity contribution is -0.697. The zero-order valence-electron chi connectivity index (χ0n) is 27.0. The number of hydrogen-bond donors (Lipinski definition) is 0. The Balaban J connectivity index is 1.69. The third kappa shape index (κ3) is 11.2. The van der Waals surface area contributed by atoms with Crippen molar-refractivity contribution >= 4 is 22.7 Å². The largest absolute Gasteiger partial charge is 0.280 e. The van der Waals surface area contributed by atoms with Gasteiger partial charge in [0, 0.05) is 47.7 Å². The minimum Gasteiger partial charge on any atom is -0.258 e. The topological polar surface area (TPSA) is 176 Å². The van der Waals surface area contributed by atoms with E-state index in [1.54, 1.807) is 24.5 Å². The smallest absolute Gasteiger partial charge is 0.258 e. The number of nitro groups is 4. The van der Waals surface area contributed by atoms with Gasteiger partial charge in [-0.2, -0.15) is 0 Å². The van der Waals surface area contributed by atoms with Crippen LogP contribution in [0, 0.1) is 40.5 Å². The SMILES string of the molecule is CCCCCCCCCCCCCCCC[n+]1ccc(C(c2ccc([N+](=O)[O-])cc2[N+](=O)[O-])c2ccc([N+](=O)[O-])cc2[N+](=O)[O-])cc1. The van der Waals surface area contributed by atoms with Crippen LogP contribution in [0.5, 0.6) is 0 Å². The zero-order valence-corrected chi connectivity index (χ0v) is 27.0. The monoisotopic (exact) mass is 650 g/mol. The number of pyridine rings is 1. The predicted octanol–water partition coefficient (Wildman–Crippen LogP) is 9.27. The lowest BCUT2D eigenvalue weighted by atomic mass is 9.83. The summed E-state index contributed by atoms with van der Waals surface area (Å²) in [7, 11) is 0. The number of benzene rings is 2. The molecular formula is C34H44N5O8+. The summed E-state index contributed by atoms with van der Waals surface area (Å²) < 4.78 is 1.97. The molecule has 3 aromatic rings. The molecule has 1 heterocycles. The van der Waals surface area contributed by atoms with Crippen LogP contribution < -0.4 is 4.57 Å². The van der Waals surface area contributed by atoms with Gasteiger partial charge in [0.2, 0.25) is 0 Å². The average molecular weight is 651 g/mol. The Morgan fingerprint density at radius 2 is 0.915 bits per heavy atom. The fraction of sp³-hybridized carbons (Fsp3) is 0.500. The molecule has 0 N–H and O–H groups in total. The van der Waals surface area contributed by atoms with Crippen LogP contribution in [0.1, 0.15) is 119 Å². The number of hydrogen-bond acceptors (Lipinski definition) is 8. The molecule has 0 aliphatic heterocycles. The summed E-state index contributed by atoms with van der Waals surface area (Å²) in [6.07, 6.45) is 21.2. The molecule has 0 bridgehead atoms. The number of aryl methyl sites for hydroxylation is 1. The number of aromatic nitrogens is 1. The van der Waals surface area contributed by atoms with Gasteiger partial charge in [-0.25, -0.2) is 4.57 Å². The van der Waals surface area contributed by atoms with Gasteiger partial charge < -0.3 is 0 Å². The van der Waals surface area contributed by atoms with E-state index in [0.717, 1.165) is 50.1 Å². The van der Waals surface area contributed by atoms with Gasteiger partial charge in [0.25, 0.3) is 22.7 Å². The van der Waals surface area contributed by atoms with E-state index in [2.05, 4.69) is 6.92 Å². The second-order valence-corrected chi connectivity index (χ2v) is 11.9. The summed E-state index contributed by atoms with van der Waals surface area (Å²) in [4.78, 5) is 43.7. The average Bonchev–Trinajstić information content (AvgIpc) is 3.05. The number of nitrogens with zero attached hydrogens (tertiary/aromatic N) is 5. The maximum atomic E-state index is 12.0. The Morgan fingerprint density at radius 3 is 1.28 bits per heavy atom. The van der Waals surface area contributed by atoms with Crippen molar-refractivity contribution in [3.05, 3.63) is 118 Å². The molecule has 0 fully saturated rings. The van der Waals surface area contributed by atoms with Crippen LogP contribution in [0.2, 0.25) is 0 Å². The zero-order chi connectivity index (χ0) is 34.2. The number of nitro benzene ring substituents is 4. The molecule has 47 heavy (non-hydrogen) atoms. The van der Waals surface area contributed by atoms with Crippen molar-refractivity contribution in [1.29, 1.82) is 0 Å². The van der Waals surface area contributed by atoms with Crippen molar-refractivity contribution in [2.45, 2.75) is 109 Å². The molecule has 0 radical (unpaired) electrons. The standard InChI is InChI=1S/C34H44N5O8/c1-2-3-4-5-6-7-8-9-10-11-12-13-14-15-22-35-23-20-27(21-24-35)34(30-18-16-28(36(40)41)25-32(30)38(44)45)31-19-17-29(37(42)43)26-33(31)39(46)47/h16-21,23-26,34H,2-15,22H2,1H3/q+1. The highest BCUT2D eigenvalue weighted by Gasteiger charge is 2.33. The maximum absolute atomic E-state index is 12.0. The summed E-state index contributed by atoms with van der Waals surface area (Å²) in [5, 5.41) is 46.8. The summed E-state index contributed by atoms with van der Waals surface area (Å²) in [5.74, 6) is -1.10. The minimum atomic E-state index is -1.10. The Labute approximate surface area is 274 Å². The van der Waals surface area contributed by atoms with E-state index in [1.807, 2.05) is 4.57 Å². The lowest BCUT2D eigenvalue weighted by Crippen LogP contribution is -2.32. The summed E-state index contributed by atoms with van der Waals surface area (Å²) in [6, 6.07) is 9.66. The van der Waals surface area contributed by atoms with Gasteiger partial charge in [0.15, 0.2) is 12.4 Å². The van der Waals surface area contributed by atoms with Crippen molar-refractivity contribution in [1.82, 2.24) is 0 Å². The van der Waals surface area contributed by atoms with Crippen molar-refractivity contribution in [3.63, 3.8) is 0 Å². The minimum absolute atomic E-state index is 0.0118. The molecular weight excluding hydrogens is 606 g/mol. The molecule has 2 aromatic carbocycles. The van der Waals surface area contributed by atoms with E-state index in [0.29, 0.717) is 5.56 Å². The van der Waals surface area contributed by atoms with Gasteiger partial charge in [0.1, 0.15) is 6.54 Å². The maximum Gasteiger partial charge on any atom is 0.280 e. The van der Waals surface area contributed by atoms with Crippen molar-refractivity contribution in [2.75, 3.05) is 0 Å². The first-order chi connectivity index (χ1) is 22.6. The van der Waals surface area contributed by atoms with Crippen LogP contribution in [0.3, 0.4) is 0 Å². The normalized spacial score (nSPS) is 11.1. The van der Waals surface area contributed by atoms with Gasteiger partial charge in [-0.1, -0.05) is 84.0 Å². The number of rotatable bonds is 22. The van der Waals surface area contributed by atoms with Gasteiger partial charge in [-0.05, 0) is 24.1 Å². The lowest BCUT2D eigenvalue weighted by Gasteiger charge is -2.18. The van der Waals surface area contributed by atoms with E-state index >= 15 is 0 Å². The highest BCUT2D eigenvalue weighted by Crippen LogP contribution is 2.42. The third-order valence-corrected chi connectivity index (χ3v) is 8.49. The fourth-order valence-electron chi connectivity index (χ4n) is 5.92. The Bertz CT molecular complexity index is 1440. The van der Waals surface area contributed by atoms with Crippen LogP contribution in [0.25, 0.3) is 0 Å². The third-order valence-electron chi connectivity index (χ3n) is 8.49. The highest BCUT2D eigenvalue weighted by molar-refractivity contribution is 5.61. The molecule has 1 aromatic heterocycles.